The van der Waals surface area contributed by atoms with Crippen LogP contribution in [0, 0.1) is 11.6 Å². The van der Waals surface area contributed by atoms with E-state index in [0.29, 0.717) is 0 Å². The van der Waals surface area contributed by atoms with Gasteiger partial charge in [-0.25, -0.2) is 13.3 Å². The van der Waals surface area contributed by atoms with Gasteiger partial charge in [-0.1, -0.05) is 18.2 Å². The number of benzene rings is 3. The van der Waals surface area contributed by atoms with E-state index in [0.717, 1.165) is 21.3 Å². The highest BCUT2D eigenvalue weighted by atomic mass is 19.1. The molecular formula is C23H14F2N2O4. The van der Waals surface area contributed by atoms with E-state index in [1.807, 2.05) is 0 Å². The summed E-state index contributed by atoms with van der Waals surface area (Å²) in [7, 11) is 1.34. The van der Waals surface area contributed by atoms with Gasteiger partial charge in [-0.15, -0.1) is 0 Å². The monoisotopic (exact) mass is 420 g/mol. The van der Waals surface area contributed by atoms with Crippen LogP contribution in [-0.2, 0) is 7.05 Å². The molecule has 0 saturated carbocycles. The van der Waals surface area contributed by atoms with Gasteiger partial charge in [-0.05, 0) is 48.5 Å². The smallest absolute Gasteiger partial charge is 0.266 e. The van der Waals surface area contributed by atoms with Gasteiger partial charge < -0.3 is 0 Å². The number of rotatable bonds is 1. The molecule has 0 fully saturated rings. The predicted octanol–water partition coefficient (Wildman–Crippen LogP) is 2.40. The number of nitrogens with zero attached hydrogens (tertiary/aromatic N) is 2. The molecule has 0 aliphatic rings. The summed E-state index contributed by atoms with van der Waals surface area (Å²) in [4.78, 5) is 49.2. The highest BCUT2D eigenvalue weighted by Crippen LogP contribution is 2.16. The molecule has 8 heteroatoms. The second-order valence-corrected chi connectivity index (χ2v) is 6.83. The van der Waals surface area contributed by atoms with Crippen molar-refractivity contribution < 1.29 is 8.78 Å². The van der Waals surface area contributed by atoms with Crippen molar-refractivity contribution in [3.63, 3.8) is 0 Å². The molecule has 0 spiro atoms. The molecule has 0 aliphatic heterocycles. The van der Waals surface area contributed by atoms with Crippen LogP contribution in [0.2, 0.25) is 0 Å². The van der Waals surface area contributed by atoms with Crippen molar-refractivity contribution in [1.29, 1.82) is 0 Å². The zero-order chi connectivity index (χ0) is 22.3. The Balaban J connectivity index is 0.000000282. The first-order valence-corrected chi connectivity index (χ1v) is 9.15. The van der Waals surface area contributed by atoms with E-state index in [1.54, 1.807) is 18.2 Å². The summed E-state index contributed by atoms with van der Waals surface area (Å²) < 4.78 is 26.8. The van der Waals surface area contributed by atoms with E-state index >= 15 is 0 Å². The van der Waals surface area contributed by atoms with Crippen molar-refractivity contribution in [3.8, 4) is 5.69 Å². The van der Waals surface area contributed by atoms with Gasteiger partial charge in [0.05, 0.1) is 27.2 Å². The number of fused-ring (bicyclic) bond motifs is 2. The second-order valence-electron chi connectivity index (χ2n) is 6.83. The largest absolute Gasteiger partial charge is 0.277 e. The Hall–Kier alpha value is -4.20. The first-order valence-electron chi connectivity index (χ1n) is 9.15. The Bertz CT molecular complexity index is 1550. The zero-order valence-corrected chi connectivity index (χ0v) is 16.1. The average molecular weight is 420 g/mol. The van der Waals surface area contributed by atoms with E-state index in [1.165, 1.54) is 43.4 Å². The standard InChI is InChI=1S/C17H9FN2O4.C6H5F/c1-19-14(21)10-6-12-13(7-11(10)15(19)22)17(24)20(16(12)23)9-4-2-8(18)3-5-9;7-6-4-2-1-3-5-6/h2-7H,1H3;1-5H. The number of aromatic nitrogens is 2. The topological polar surface area (TPSA) is 78.1 Å². The van der Waals surface area contributed by atoms with Gasteiger partial charge in [0, 0.05) is 7.05 Å². The summed E-state index contributed by atoms with van der Waals surface area (Å²) in [5.74, 6) is -0.670. The molecule has 0 aliphatic carbocycles. The van der Waals surface area contributed by atoms with Gasteiger partial charge in [-0.2, -0.15) is 0 Å². The van der Waals surface area contributed by atoms with Gasteiger partial charge in [0.15, 0.2) is 0 Å². The lowest BCUT2D eigenvalue weighted by Gasteiger charge is -1.98. The molecule has 0 saturated heterocycles. The van der Waals surface area contributed by atoms with Crippen LogP contribution in [0.25, 0.3) is 27.2 Å². The first kappa shape index (κ1) is 20.1. The summed E-state index contributed by atoms with van der Waals surface area (Å²) in [5.41, 5.74) is -2.03. The fourth-order valence-corrected chi connectivity index (χ4v) is 3.33. The summed E-state index contributed by atoms with van der Waals surface area (Å²) >= 11 is 0. The highest BCUT2D eigenvalue weighted by Gasteiger charge is 2.19. The first-order chi connectivity index (χ1) is 14.8. The van der Waals surface area contributed by atoms with Gasteiger partial charge in [0.2, 0.25) is 0 Å². The van der Waals surface area contributed by atoms with Crippen molar-refractivity contribution in [3.05, 3.63) is 120 Å². The zero-order valence-electron chi connectivity index (χ0n) is 16.1. The molecule has 3 aromatic carbocycles. The van der Waals surface area contributed by atoms with Gasteiger partial charge in [0.25, 0.3) is 22.2 Å². The molecule has 2 heterocycles. The quantitative estimate of drug-likeness (QED) is 0.417. The molecule has 0 atom stereocenters. The maximum atomic E-state index is 13.0. The fourth-order valence-electron chi connectivity index (χ4n) is 3.33. The summed E-state index contributed by atoms with van der Waals surface area (Å²) in [5, 5.41) is 0.311. The van der Waals surface area contributed by atoms with Gasteiger partial charge >= 0.3 is 0 Å². The summed E-state index contributed by atoms with van der Waals surface area (Å²) in [6.45, 7) is 0. The Morgan fingerprint density at radius 1 is 0.581 bits per heavy atom. The molecule has 6 nitrogen and oxygen atoms in total. The van der Waals surface area contributed by atoms with Crippen molar-refractivity contribution in [2.24, 2.45) is 7.05 Å². The molecule has 5 aromatic rings. The van der Waals surface area contributed by atoms with Crippen LogP contribution in [0.4, 0.5) is 8.78 Å². The number of halogens is 2. The second kappa shape index (κ2) is 7.56. The van der Waals surface area contributed by atoms with E-state index < -0.39 is 28.1 Å². The van der Waals surface area contributed by atoms with E-state index in [2.05, 4.69) is 0 Å². The lowest BCUT2D eigenvalue weighted by molar-refractivity contribution is 0.627. The van der Waals surface area contributed by atoms with Crippen LogP contribution in [0.1, 0.15) is 0 Å². The van der Waals surface area contributed by atoms with Crippen LogP contribution < -0.4 is 22.2 Å². The normalized spacial score (nSPS) is 10.9. The molecule has 31 heavy (non-hydrogen) atoms. The lowest BCUT2D eigenvalue weighted by Crippen LogP contribution is -2.23. The SMILES string of the molecule is Cn1c(=O)c2cc3c(=O)n(-c4ccc(F)cc4)c(=O)c3cc2c1=O.Fc1ccccc1. The molecule has 2 aromatic heterocycles. The van der Waals surface area contributed by atoms with Crippen LogP contribution >= 0.6 is 0 Å². The molecular weight excluding hydrogens is 406 g/mol. The van der Waals surface area contributed by atoms with Crippen molar-refractivity contribution in [2.75, 3.05) is 0 Å². The molecule has 0 bridgehead atoms. The third kappa shape index (κ3) is 3.38. The lowest BCUT2D eigenvalue weighted by atomic mass is 10.1. The minimum Gasteiger partial charge on any atom is -0.277 e. The van der Waals surface area contributed by atoms with Crippen molar-refractivity contribution in [2.45, 2.75) is 0 Å². The Morgan fingerprint density at radius 2 is 1.00 bits per heavy atom. The van der Waals surface area contributed by atoms with Crippen molar-refractivity contribution in [1.82, 2.24) is 9.13 Å². The maximum absolute atomic E-state index is 13.0. The van der Waals surface area contributed by atoms with E-state index in [4.69, 9.17) is 0 Å². The van der Waals surface area contributed by atoms with E-state index in [-0.39, 0.29) is 33.0 Å². The van der Waals surface area contributed by atoms with Crippen LogP contribution in [0.5, 0.6) is 0 Å². The third-order valence-electron chi connectivity index (χ3n) is 4.91. The third-order valence-corrected chi connectivity index (χ3v) is 4.91. The number of hydrogen-bond acceptors (Lipinski definition) is 4. The average Bonchev–Trinajstić information content (AvgIpc) is 3.14. The van der Waals surface area contributed by atoms with Crippen LogP contribution in [0.3, 0.4) is 0 Å². The molecule has 154 valence electrons. The van der Waals surface area contributed by atoms with Gasteiger partial charge in [0.1, 0.15) is 11.6 Å². The molecule has 0 unspecified atom stereocenters. The number of hydrogen-bond donors (Lipinski definition) is 0. The summed E-state index contributed by atoms with van der Waals surface area (Å²) in [6.07, 6.45) is 0. The van der Waals surface area contributed by atoms with Gasteiger partial charge in [-0.3, -0.25) is 23.7 Å². The molecule has 0 N–H and O–H groups in total. The maximum Gasteiger partial charge on any atom is 0.266 e. The predicted molar refractivity (Wildman–Crippen MR) is 114 cm³/mol. The molecule has 5 rings (SSSR count). The van der Waals surface area contributed by atoms with E-state index in [9.17, 15) is 28.0 Å². The Labute approximate surface area is 172 Å². The summed E-state index contributed by atoms with van der Waals surface area (Å²) in [6, 6.07) is 15.4. The minimum atomic E-state index is -0.612. The Kier molecular flexibility index (Phi) is 4.90. The molecule has 0 amide bonds. The van der Waals surface area contributed by atoms with Crippen molar-refractivity contribution >= 4 is 21.5 Å². The molecule has 0 radical (unpaired) electrons. The fraction of sp³-hybridized carbons (Fsp3) is 0.0435. The van der Waals surface area contributed by atoms with Crippen LogP contribution in [0.15, 0.2) is 85.9 Å². The highest BCUT2D eigenvalue weighted by molar-refractivity contribution is 5.98. The minimum absolute atomic E-state index is 0.0551. The van der Waals surface area contributed by atoms with Crippen LogP contribution in [-0.4, -0.2) is 9.13 Å². The Morgan fingerprint density at radius 3 is 1.42 bits per heavy atom.